The van der Waals surface area contributed by atoms with Gasteiger partial charge in [-0.2, -0.15) is 0 Å². The molecule has 0 bridgehead atoms. The molecular formula is C17H30N6. The van der Waals surface area contributed by atoms with Gasteiger partial charge in [0.05, 0.1) is 0 Å². The van der Waals surface area contributed by atoms with Gasteiger partial charge in [0.15, 0.2) is 5.96 Å². The molecule has 6 heteroatoms. The largest absolute Gasteiger partial charge is 0.363 e. The molecule has 1 aliphatic rings. The first-order valence-corrected chi connectivity index (χ1v) is 8.48. The molecule has 1 fully saturated rings. The lowest BCUT2D eigenvalue weighted by atomic mass is 10.1. The standard InChI is InChI=1S/C17H30N6/c1-18-17(20-9-12-23-10-5-4-6-11-23)21-14-15-7-8-19-16(13-15)22(2)3/h7-8,13H,4-6,9-12,14H2,1-3H3,(H2,18,20,21). The van der Waals surface area contributed by atoms with Crippen LogP contribution in [0.3, 0.4) is 0 Å². The Morgan fingerprint density at radius 3 is 2.74 bits per heavy atom. The molecule has 6 nitrogen and oxygen atoms in total. The van der Waals surface area contributed by atoms with Gasteiger partial charge in [0.25, 0.3) is 0 Å². The monoisotopic (exact) mass is 318 g/mol. The number of rotatable bonds is 6. The van der Waals surface area contributed by atoms with Gasteiger partial charge >= 0.3 is 0 Å². The number of aromatic nitrogens is 1. The van der Waals surface area contributed by atoms with Crippen LogP contribution in [0.5, 0.6) is 0 Å². The lowest BCUT2D eigenvalue weighted by Gasteiger charge is -2.26. The van der Waals surface area contributed by atoms with Crippen LogP contribution in [-0.2, 0) is 6.54 Å². The summed E-state index contributed by atoms with van der Waals surface area (Å²) in [5.74, 6) is 1.82. The molecule has 0 atom stereocenters. The van der Waals surface area contributed by atoms with E-state index in [1.165, 1.54) is 37.9 Å². The Labute approximate surface area is 140 Å². The normalized spacial score (nSPS) is 16.2. The second-order valence-corrected chi connectivity index (χ2v) is 6.17. The number of likely N-dealkylation sites (tertiary alicyclic amines) is 1. The summed E-state index contributed by atoms with van der Waals surface area (Å²) in [5, 5.41) is 6.76. The van der Waals surface area contributed by atoms with Gasteiger partial charge in [-0.05, 0) is 43.6 Å². The molecule has 2 N–H and O–H groups in total. The van der Waals surface area contributed by atoms with Gasteiger partial charge < -0.3 is 20.4 Å². The first-order chi connectivity index (χ1) is 11.2. The second-order valence-electron chi connectivity index (χ2n) is 6.17. The Hall–Kier alpha value is -1.82. The van der Waals surface area contributed by atoms with E-state index >= 15 is 0 Å². The molecule has 0 radical (unpaired) electrons. The predicted molar refractivity (Wildman–Crippen MR) is 97.1 cm³/mol. The first-order valence-electron chi connectivity index (χ1n) is 8.48. The van der Waals surface area contributed by atoms with Crippen molar-refractivity contribution in [1.82, 2.24) is 20.5 Å². The molecule has 128 valence electrons. The van der Waals surface area contributed by atoms with Gasteiger partial charge in [-0.3, -0.25) is 4.99 Å². The minimum atomic E-state index is 0.743. The van der Waals surface area contributed by atoms with Crippen molar-refractivity contribution in [3.05, 3.63) is 23.9 Å². The van der Waals surface area contributed by atoms with Crippen LogP contribution in [0.25, 0.3) is 0 Å². The number of anilines is 1. The summed E-state index contributed by atoms with van der Waals surface area (Å²) < 4.78 is 0. The highest BCUT2D eigenvalue weighted by molar-refractivity contribution is 5.79. The predicted octanol–water partition coefficient (Wildman–Crippen LogP) is 1.30. The molecule has 23 heavy (non-hydrogen) atoms. The molecule has 0 aliphatic carbocycles. The van der Waals surface area contributed by atoms with Gasteiger partial charge in [0.1, 0.15) is 5.82 Å². The molecule has 0 spiro atoms. The van der Waals surface area contributed by atoms with Gasteiger partial charge in [0, 0.05) is 47.0 Å². The molecule has 2 heterocycles. The topological polar surface area (TPSA) is 55.8 Å². The van der Waals surface area contributed by atoms with E-state index in [2.05, 4.69) is 31.6 Å². The highest BCUT2D eigenvalue weighted by atomic mass is 15.2. The van der Waals surface area contributed by atoms with Crippen molar-refractivity contribution in [2.75, 3.05) is 52.2 Å². The smallest absolute Gasteiger partial charge is 0.191 e. The fourth-order valence-corrected chi connectivity index (χ4v) is 2.74. The summed E-state index contributed by atoms with van der Waals surface area (Å²) in [6, 6.07) is 4.12. The number of pyridine rings is 1. The van der Waals surface area contributed by atoms with E-state index in [-0.39, 0.29) is 0 Å². The summed E-state index contributed by atoms with van der Waals surface area (Å²) in [6.45, 7) is 5.22. The third kappa shape index (κ3) is 6.06. The Bertz CT molecular complexity index is 494. The van der Waals surface area contributed by atoms with Crippen molar-refractivity contribution < 1.29 is 0 Å². The molecule has 0 saturated carbocycles. The van der Waals surface area contributed by atoms with Crippen LogP contribution in [0.1, 0.15) is 24.8 Å². The zero-order valence-corrected chi connectivity index (χ0v) is 14.7. The van der Waals surface area contributed by atoms with Crippen molar-refractivity contribution >= 4 is 11.8 Å². The van der Waals surface area contributed by atoms with E-state index in [0.717, 1.165) is 31.4 Å². The molecule has 0 amide bonds. The van der Waals surface area contributed by atoms with Crippen molar-refractivity contribution in [1.29, 1.82) is 0 Å². The van der Waals surface area contributed by atoms with Crippen molar-refractivity contribution in [3.8, 4) is 0 Å². The van der Waals surface area contributed by atoms with E-state index in [1.54, 1.807) is 0 Å². The minimum absolute atomic E-state index is 0.743. The molecule has 1 aromatic heterocycles. The third-order valence-corrected chi connectivity index (χ3v) is 4.12. The molecule has 2 rings (SSSR count). The second kappa shape index (κ2) is 9.35. The molecule has 0 aromatic carbocycles. The Balaban J connectivity index is 1.73. The van der Waals surface area contributed by atoms with Crippen LogP contribution in [0, 0.1) is 0 Å². The summed E-state index contributed by atoms with van der Waals surface area (Å²) in [4.78, 5) is 13.2. The molecule has 1 saturated heterocycles. The van der Waals surface area contributed by atoms with Gasteiger partial charge in [0.2, 0.25) is 0 Å². The number of hydrogen-bond donors (Lipinski definition) is 2. The maximum Gasteiger partial charge on any atom is 0.191 e. The Kier molecular flexibility index (Phi) is 7.13. The van der Waals surface area contributed by atoms with Crippen LogP contribution < -0.4 is 15.5 Å². The number of guanidine groups is 1. The minimum Gasteiger partial charge on any atom is -0.363 e. The van der Waals surface area contributed by atoms with Crippen LogP contribution in [-0.4, -0.2) is 63.2 Å². The van der Waals surface area contributed by atoms with E-state index in [1.807, 2.05) is 38.3 Å². The van der Waals surface area contributed by atoms with Crippen LogP contribution in [0.4, 0.5) is 5.82 Å². The zero-order chi connectivity index (χ0) is 16.5. The summed E-state index contributed by atoms with van der Waals surface area (Å²) in [7, 11) is 5.81. The number of aliphatic imine (C=N–C) groups is 1. The van der Waals surface area contributed by atoms with Crippen LogP contribution >= 0.6 is 0 Å². The highest BCUT2D eigenvalue weighted by Crippen LogP contribution is 2.09. The Morgan fingerprint density at radius 1 is 1.26 bits per heavy atom. The SMILES string of the molecule is CN=C(NCCN1CCCCC1)NCc1ccnc(N(C)C)c1. The van der Waals surface area contributed by atoms with Gasteiger partial charge in [-0.25, -0.2) is 4.98 Å². The van der Waals surface area contributed by atoms with E-state index in [0.29, 0.717) is 0 Å². The number of nitrogens with one attached hydrogen (secondary N) is 2. The van der Waals surface area contributed by atoms with Crippen molar-refractivity contribution in [2.45, 2.75) is 25.8 Å². The number of piperidine rings is 1. The fourth-order valence-electron chi connectivity index (χ4n) is 2.74. The zero-order valence-electron chi connectivity index (χ0n) is 14.7. The fraction of sp³-hybridized carbons (Fsp3) is 0.647. The average Bonchev–Trinajstić information content (AvgIpc) is 2.59. The van der Waals surface area contributed by atoms with E-state index in [4.69, 9.17) is 0 Å². The first kappa shape index (κ1) is 17.5. The van der Waals surface area contributed by atoms with Crippen LogP contribution in [0.15, 0.2) is 23.3 Å². The molecule has 1 aromatic rings. The molecule has 0 unspecified atom stereocenters. The average molecular weight is 318 g/mol. The van der Waals surface area contributed by atoms with Crippen molar-refractivity contribution in [3.63, 3.8) is 0 Å². The summed E-state index contributed by atoms with van der Waals surface area (Å²) in [5.41, 5.74) is 1.20. The molecular weight excluding hydrogens is 288 g/mol. The van der Waals surface area contributed by atoms with E-state index in [9.17, 15) is 0 Å². The quantitative estimate of drug-likeness (QED) is 0.612. The lowest BCUT2D eigenvalue weighted by Crippen LogP contribution is -2.42. The third-order valence-electron chi connectivity index (χ3n) is 4.12. The molecule has 1 aliphatic heterocycles. The van der Waals surface area contributed by atoms with Crippen molar-refractivity contribution in [2.24, 2.45) is 4.99 Å². The Morgan fingerprint density at radius 2 is 2.04 bits per heavy atom. The van der Waals surface area contributed by atoms with Gasteiger partial charge in [-0.15, -0.1) is 0 Å². The van der Waals surface area contributed by atoms with E-state index < -0.39 is 0 Å². The highest BCUT2D eigenvalue weighted by Gasteiger charge is 2.09. The lowest BCUT2D eigenvalue weighted by molar-refractivity contribution is 0.232. The number of hydrogen-bond acceptors (Lipinski definition) is 4. The van der Waals surface area contributed by atoms with Gasteiger partial charge in [-0.1, -0.05) is 6.42 Å². The summed E-state index contributed by atoms with van der Waals surface area (Å²) in [6.07, 6.45) is 5.90. The maximum atomic E-state index is 4.33. The number of nitrogens with zero attached hydrogens (tertiary/aromatic N) is 4. The van der Waals surface area contributed by atoms with Crippen LogP contribution in [0.2, 0.25) is 0 Å². The summed E-state index contributed by atoms with van der Waals surface area (Å²) >= 11 is 0. The maximum absolute atomic E-state index is 4.33.